The van der Waals surface area contributed by atoms with Crippen molar-refractivity contribution in [3.05, 3.63) is 72.8 Å². The zero-order valence-corrected chi connectivity index (χ0v) is 15.8. The van der Waals surface area contributed by atoms with Crippen LogP contribution in [0.15, 0.2) is 52.8 Å². The number of aromatic nitrogens is 1. The lowest BCUT2D eigenvalue weighted by atomic mass is 10.1. The Morgan fingerprint density at radius 1 is 1.19 bits per heavy atom. The minimum Gasteiger partial charge on any atom is -0.313 e. The molecule has 26 heavy (non-hydrogen) atoms. The lowest BCUT2D eigenvalue weighted by Crippen LogP contribution is -2.14. The molecule has 2 aromatic carbocycles. The van der Waals surface area contributed by atoms with Gasteiger partial charge in [-0.1, -0.05) is 35.3 Å². The van der Waals surface area contributed by atoms with Crippen LogP contribution in [0.3, 0.4) is 0 Å². The number of nitrogens with zero attached hydrogens (tertiary/aromatic N) is 3. The number of halogens is 2. The summed E-state index contributed by atoms with van der Waals surface area (Å²) in [5.41, 5.74) is 2.48. The summed E-state index contributed by atoms with van der Waals surface area (Å²) in [5.74, 6) is 0. The first-order valence-electron chi connectivity index (χ1n) is 7.97. The predicted molar refractivity (Wildman–Crippen MR) is 104 cm³/mol. The van der Waals surface area contributed by atoms with Gasteiger partial charge in [-0.25, -0.2) is 4.99 Å². The van der Waals surface area contributed by atoms with Crippen LogP contribution in [0.5, 0.6) is 0 Å². The highest BCUT2D eigenvalue weighted by molar-refractivity contribution is 7.07. The summed E-state index contributed by atoms with van der Waals surface area (Å²) in [6.07, 6.45) is 2.14. The van der Waals surface area contributed by atoms with Gasteiger partial charge in [0.1, 0.15) is 0 Å². The van der Waals surface area contributed by atoms with E-state index in [1.807, 2.05) is 11.4 Å². The highest BCUT2D eigenvalue weighted by atomic mass is 35.5. The monoisotopic (exact) mass is 405 g/mol. The van der Waals surface area contributed by atoms with Crippen molar-refractivity contribution in [2.24, 2.45) is 4.99 Å². The second-order valence-electron chi connectivity index (χ2n) is 6.02. The van der Waals surface area contributed by atoms with Crippen molar-refractivity contribution in [2.45, 2.75) is 18.9 Å². The minimum atomic E-state index is -0.379. The zero-order chi connectivity index (χ0) is 18.3. The van der Waals surface area contributed by atoms with E-state index in [0.717, 1.165) is 28.9 Å². The molecule has 8 heteroatoms. The van der Waals surface area contributed by atoms with Crippen molar-refractivity contribution in [2.75, 3.05) is 0 Å². The third-order valence-corrected chi connectivity index (χ3v) is 5.51. The number of nitro groups is 1. The topological polar surface area (TPSA) is 60.4 Å². The first-order chi connectivity index (χ1) is 12.5. The average Bonchev–Trinajstić information content (AvgIpc) is 3.37. The molecule has 1 aliphatic carbocycles. The third-order valence-electron chi connectivity index (χ3n) is 4.13. The fraction of sp³-hybridized carbons (Fsp3) is 0.167. The molecule has 0 radical (unpaired) electrons. The Labute approximate surface area is 163 Å². The Bertz CT molecular complexity index is 1070. The summed E-state index contributed by atoms with van der Waals surface area (Å²) >= 11 is 13.7. The first-order valence-corrected chi connectivity index (χ1v) is 9.61. The van der Waals surface area contributed by atoms with Crippen LogP contribution < -0.4 is 4.80 Å². The maximum absolute atomic E-state index is 11.1. The summed E-state index contributed by atoms with van der Waals surface area (Å²) in [6, 6.07) is 12.2. The van der Waals surface area contributed by atoms with Crippen molar-refractivity contribution < 1.29 is 4.92 Å². The highest BCUT2D eigenvalue weighted by Gasteiger charge is 2.27. The molecule has 132 valence electrons. The molecule has 1 fully saturated rings. The van der Waals surface area contributed by atoms with Gasteiger partial charge in [0.05, 0.1) is 21.3 Å². The smallest absolute Gasteiger partial charge is 0.270 e. The Balaban J connectivity index is 1.85. The molecule has 0 atom stereocenters. The summed E-state index contributed by atoms with van der Waals surface area (Å²) in [7, 11) is 0. The molecule has 1 aromatic heterocycles. The maximum atomic E-state index is 11.1. The Kier molecular flexibility index (Phi) is 4.56. The second kappa shape index (κ2) is 6.87. The Morgan fingerprint density at radius 3 is 2.69 bits per heavy atom. The van der Waals surface area contributed by atoms with Crippen LogP contribution in [0.4, 0.5) is 11.4 Å². The molecular weight excluding hydrogens is 393 g/mol. The highest BCUT2D eigenvalue weighted by Crippen LogP contribution is 2.39. The van der Waals surface area contributed by atoms with E-state index in [2.05, 4.69) is 4.57 Å². The van der Waals surface area contributed by atoms with Crippen LogP contribution in [0.2, 0.25) is 10.0 Å². The van der Waals surface area contributed by atoms with Crippen LogP contribution in [-0.2, 0) is 0 Å². The number of thiazole rings is 1. The van der Waals surface area contributed by atoms with E-state index in [9.17, 15) is 10.1 Å². The molecule has 0 amide bonds. The number of hydrogen-bond donors (Lipinski definition) is 0. The fourth-order valence-corrected chi connectivity index (χ4v) is 4.18. The molecule has 0 N–H and O–H groups in total. The standard InChI is InChI=1S/C18H13Cl2N3O2S/c19-12-4-7-16(15(20)9-12)21-18-22(13-5-6-13)17(10-26-18)11-2-1-3-14(8-11)23(24)25/h1-4,7-10,13H,5-6H2. The largest absolute Gasteiger partial charge is 0.313 e. The Hall–Kier alpha value is -2.15. The fourth-order valence-electron chi connectivity index (χ4n) is 2.75. The average molecular weight is 406 g/mol. The molecule has 0 spiro atoms. The molecule has 4 rings (SSSR count). The summed E-state index contributed by atoms with van der Waals surface area (Å²) < 4.78 is 2.15. The number of hydrogen-bond acceptors (Lipinski definition) is 4. The van der Waals surface area contributed by atoms with Gasteiger partial charge in [-0.2, -0.15) is 0 Å². The molecule has 1 aliphatic rings. The van der Waals surface area contributed by atoms with E-state index in [1.54, 1.807) is 30.3 Å². The number of benzene rings is 2. The lowest BCUT2D eigenvalue weighted by molar-refractivity contribution is -0.384. The van der Waals surface area contributed by atoms with Crippen molar-refractivity contribution in [3.63, 3.8) is 0 Å². The molecule has 0 unspecified atom stereocenters. The van der Waals surface area contributed by atoms with Crippen molar-refractivity contribution in [1.29, 1.82) is 0 Å². The van der Waals surface area contributed by atoms with Crippen LogP contribution >= 0.6 is 34.5 Å². The zero-order valence-electron chi connectivity index (χ0n) is 13.4. The van der Waals surface area contributed by atoms with Crippen molar-refractivity contribution in [3.8, 4) is 11.3 Å². The second-order valence-corrected chi connectivity index (χ2v) is 7.70. The number of rotatable bonds is 4. The molecule has 3 aromatic rings. The molecule has 0 bridgehead atoms. The van der Waals surface area contributed by atoms with Gasteiger partial charge in [0.15, 0.2) is 4.80 Å². The van der Waals surface area contributed by atoms with E-state index in [-0.39, 0.29) is 10.6 Å². The van der Waals surface area contributed by atoms with Crippen LogP contribution in [0, 0.1) is 10.1 Å². The minimum absolute atomic E-state index is 0.0790. The van der Waals surface area contributed by atoms with E-state index in [1.165, 1.54) is 17.4 Å². The van der Waals surface area contributed by atoms with Crippen molar-refractivity contribution in [1.82, 2.24) is 4.57 Å². The quantitative estimate of drug-likeness (QED) is 0.394. The molecule has 1 saturated carbocycles. The Morgan fingerprint density at radius 2 is 2.00 bits per heavy atom. The van der Waals surface area contributed by atoms with Gasteiger partial charge < -0.3 is 4.57 Å². The van der Waals surface area contributed by atoms with Crippen LogP contribution in [0.1, 0.15) is 18.9 Å². The third kappa shape index (κ3) is 3.40. The molecule has 0 saturated heterocycles. The van der Waals surface area contributed by atoms with Crippen LogP contribution in [-0.4, -0.2) is 9.49 Å². The molecular formula is C18H13Cl2N3O2S. The van der Waals surface area contributed by atoms with E-state index >= 15 is 0 Å². The first kappa shape index (κ1) is 17.3. The predicted octanol–water partition coefficient (Wildman–Crippen LogP) is 6.00. The van der Waals surface area contributed by atoms with Gasteiger partial charge in [0, 0.05) is 34.1 Å². The van der Waals surface area contributed by atoms with Crippen molar-refractivity contribution >= 4 is 45.9 Å². The number of nitro benzene ring substituents is 1. The van der Waals surface area contributed by atoms with Gasteiger partial charge in [-0.05, 0) is 31.0 Å². The van der Waals surface area contributed by atoms with Gasteiger partial charge in [0.2, 0.25) is 0 Å². The number of non-ortho nitro benzene ring substituents is 1. The van der Waals surface area contributed by atoms with Gasteiger partial charge in [-0.15, -0.1) is 11.3 Å². The summed E-state index contributed by atoms with van der Waals surface area (Å²) in [4.78, 5) is 16.2. The molecule has 0 aliphatic heterocycles. The SMILES string of the molecule is O=[N+]([O-])c1cccc(-c2csc(=Nc3ccc(Cl)cc3Cl)n2C2CC2)c1. The van der Waals surface area contributed by atoms with Crippen LogP contribution in [0.25, 0.3) is 11.3 Å². The summed E-state index contributed by atoms with van der Waals surface area (Å²) in [6.45, 7) is 0. The van der Waals surface area contributed by atoms with E-state index in [0.29, 0.717) is 21.8 Å². The normalized spacial score (nSPS) is 14.6. The van der Waals surface area contributed by atoms with Gasteiger partial charge >= 0.3 is 0 Å². The van der Waals surface area contributed by atoms with E-state index in [4.69, 9.17) is 28.2 Å². The van der Waals surface area contributed by atoms with Gasteiger partial charge in [-0.3, -0.25) is 10.1 Å². The van der Waals surface area contributed by atoms with E-state index < -0.39 is 0 Å². The summed E-state index contributed by atoms with van der Waals surface area (Å²) in [5, 5.41) is 14.1. The maximum Gasteiger partial charge on any atom is 0.270 e. The van der Waals surface area contributed by atoms with Gasteiger partial charge in [0.25, 0.3) is 5.69 Å². The molecule has 1 heterocycles. The lowest BCUT2D eigenvalue weighted by Gasteiger charge is -2.08. The molecule has 5 nitrogen and oxygen atoms in total.